The number of hydrogen-bond acceptors (Lipinski definition) is 5. The molecule has 0 amide bonds. The van der Waals surface area contributed by atoms with Crippen LogP contribution >= 0.6 is 0 Å². The van der Waals surface area contributed by atoms with Gasteiger partial charge in [-0.1, -0.05) is 0 Å². The maximum atomic E-state index is 12.3. The summed E-state index contributed by atoms with van der Waals surface area (Å²) >= 11 is 0. The summed E-state index contributed by atoms with van der Waals surface area (Å²) in [6.45, 7) is 0.853. The van der Waals surface area contributed by atoms with Crippen LogP contribution in [0.5, 0.6) is 0 Å². The van der Waals surface area contributed by atoms with Crippen LogP contribution in [0, 0.1) is 0 Å². The zero-order chi connectivity index (χ0) is 13.4. The molecule has 1 aromatic rings. The number of rotatable bonds is 3. The van der Waals surface area contributed by atoms with Gasteiger partial charge in [-0.3, -0.25) is 4.79 Å². The van der Waals surface area contributed by atoms with Crippen LogP contribution in [0.15, 0.2) is 17.2 Å². The van der Waals surface area contributed by atoms with Gasteiger partial charge in [0.2, 0.25) is 0 Å². The van der Waals surface area contributed by atoms with Gasteiger partial charge in [-0.05, 0) is 12.8 Å². The molecule has 2 aliphatic rings. The Bertz CT molecular complexity index is 552. The Morgan fingerprint density at radius 3 is 2.95 bits per heavy atom. The van der Waals surface area contributed by atoms with Crippen LogP contribution in [-0.4, -0.2) is 46.4 Å². The Morgan fingerprint density at radius 2 is 2.26 bits per heavy atom. The maximum absolute atomic E-state index is 12.3. The predicted molar refractivity (Wildman–Crippen MR) is 66.4 cm³/mol. The Balaban J connectivity index is 1.98. The SMILES string of the molecule is O=C(O)C1COCCN1c1nccn(C2CC2)c1=O. The highest BCUT2D eigenvalue weighted by molar-refractivity contribution is 5.78. The standard InChI is InChI=1S/C12H15N3O4/c16-11-10(13-3-4-14(11)8-1-2-8)15-5-6-19-7-9(15)12(17)18/h3-4,8-9H,1-2,5-7H2,(H,17,18). The lowest BCUT2D eigenvalue weighted by molar-refractivity contribution is -0.141. The number of hydrogen-bond donors (Lipinski definition) is 1. The number of carbonyl (C=O) groups is 1. The number of aliphatic carboxylic acids is 1. The highest BCUT2D eigenvalue weighted by Crippen LogP contribution is 2.33. The lowest BCUT2D eigenvalue weighted by Crippen LogP contribution is -2.52. The van der Waals surface area contributed by atoms with E-state index < -0.39 is 12.0 Å². The van der Waals surface area contributed by atoms with E-state index >= 15 is 0 Å². The van der Waals surface area contributed by atoms with E-state index in [0.29, 0.717) is 13.2 Å². The highest BCUT2D eigenvalue weighted by atomic mass is 16.5. The van der Waals surface area contributed by atoms with E-state index in [1.54, 1.807) is 17.0 Å². The van der Waals surface area contributed by atoms with Crippen LogP contribution in [0.3, 0.4) is 0 Å². The number of ether oxygens (including phenoxy) is 1. The fraction of sp³-hybridized carbons (Fsp3) is 0.583. The van der Waals surface area contributed by atoms with Gasteiger partial charge >= 0.3 is 5.97 Å². The molecule has 7 nitrogen and oxygen atoms in total. The molecule has 1 saturated heterocycles. The molecule has 1 unspecified atom stereocenters. The van der Waals surface area contributed by atoms with Crippen LogP contribution in [-0.2, 0) is 9.53 Å². The first-order chi connectivity index (χ1) is 9.18. The first kappa shape index (κ1) is 12.2. The highest BCUT2D eigenvalue weighted by Gasteiger charge is 2.33. The van der Waals surface area contributed by atoms with Gasteiger partial charge in [-0.15, -0.1) is 0 Å². The van der Waals surface area contributed by atoms with E-state index in [-0.39, 0.29) is 24.0 Å². The van der Waals surface area contributed by atoms with E-state index in [0.717, 1.165) is 12.8 Å². The van der Waals surface area contributed by atoms with E-state index in [4.69, 9.17) is 4.74 Å². The minimum atomic E-state index is -0.997. The number of carboxylic acids is 1. The second-order valence-corrected chi connectivity index (χ2v) is 4.82. The molecular formula is C12H15N3O4. The van der Waals surface area contributed by atoms with Crippen molar-refractivity contribution in [1.29, 1.82) is 0 Å². The van der Waals surface area contributed by atoms with Crippen molar-refractivity contribution in [3.63, 3.8) is 0 Å². The summed E-state index contributed by atoms with van der Waals surface area (Å²) in [6.07, 6.45) is 5.22. The van der Waals surface area contributed by atoms with Crippen LogP contribution in [0.1, 0.15) is 18.9 Å². The minimum Gasteiger partial charge on any atom is -0.480 e. The van der Waals surface area contributed by atoms with Gasteiger partial charge in [-0.2, -0.15) is 0 Å². The zero-order valence-electron chi connectivity index (χ0n) is 10.4. The molecule has 0 spiro atoms. The van der Waals surface area contributed by atoms with E-state index in [1.807, 2.05) is 0 Å². The Morgan fingerprint density at radius 1 is 1.47 bits per heavy atom. The van der Waals surface area contributed by atoms with Crippen molar-refractivity contribution in [1.82, 2.24) is 9.55 Å². The molecule has 19 heavy (non-hydrogen) atoms. The minimum absolute atomic E-state index is 0.0782. The van der Waals surface area contributed by atoms with Crippen molar-refractivity contribution < 1.29 is 14.6 Å². The van der Waals surface area contributed by atoms with Gasteiger partial charge in [0, 0.05) is 25.0 Å². The molecule has 1 saturated carbocycles. The van der Waals surface area contributed by atoms with E-state index in [2.05, 4.69) is 4.98 Å². The second kappa shape index (κ2) is 4.65. The molecule has 0 bridgehead atoms. The smallest absolute Gasteiger partial charge is 0.328 e. The molecule has 1 N–H and O–H groups in total. The predicted octanol–water partition coefficient (Wildman–Crippen LogP) is -0.132. The summed E-state index contributed by atoms with van der Waals surface area (Å²) < 4.78 is 6.82. The largest absolute Gasteiger partial charge is 0.480 e. The van der Waals surface area contributed by atoms with Gasteiger partial charge < -0.3 is 19.3 Å². The third-order valence-corrected chi connectivity index (χ3v) is 3.48. The molecule has 0 radical (unpaired) electrons. The van der Waals surface area contributed by atoms with Gasteiger partial charge in [0.15, 0.2) is 11.9 Å². The molecule has 1 aliphatic heterocycles. The topological polar surface area (TPSA) is 84.7 Å². The molecule has 1 aliphatic carbocycles. The number of anilines is 1. The van der Waals surface area contributed by atoms with Crippen molar-refractivity contribution >= 4 is 11.8 Å². The molecule has 2 heterocycles. The number of nitrogens with zero attached hydrogens (tertiary/aromatic N) is 3. The molecular weight excluding hydrogens is 250 g/mol. The molecule has 1 atom stereocenters. The zero-order valence-corrected chi connectivity index (χ0v) is 10.4. The molecule has 0 aromatic carbocycles. The quantitative estimate of drug-likeness (QED) is 0.819. The van der Waals surface area contributed by atoms with Crippen LogP contribution in [0.2, 0.25) is 0 Å². The molecule has 3 rings (SSSR count). The van der Waals surface area contributed by atoms with Crippen molar-refractivity contribution in [2.75, 3.05) is 24.7 Å². The van der Waals surface area contributed by atoms with Crippen molar-refractivity contribution in [2.24, 2.45) is 0 Å². The fourth-order valence-electron chi connectivity index (χ4n) is 2.31. The van der Waals surface area contributed by atoms with E-state index in [1.165, 1.54) is 4.90 Å². The van der Waals surface area contributed by atoms with Gasteiger partial charge in [0.05, 0.1) is 13.2 Å². The summed E-state index contributed by atoms with van der Waals surface area (Å²) in [5.74, 6) is -0.784. The van der Waals surface area contributed by atoms with Gasteiger partial charge in [0.1, 0.15) is 0 Å². The fourth-order valence-corrected chi connectivity index (χ4v) is 2.31. The van der Waals surface area contributed by atoms with Gasteiger partial charge in [-0.25, -0.2) is 9.78 Å². The summed E-state index contributed by atoms with van der Waals surface area (Å²) in [5.41, 5.74) is -0.210. The average Bonchev–Trinajstić information content (AvgIpc) is 3.23. The Kier molecular flexibility index (Phi) is 2.98. The van der Waals surface area contributed by atoms with E-state index in [9.17, 15) is 14.7 Å². The lowest BCUT2D eigenvalue weighted by Gasteiger charge is -2.33. The first-order valence-electron chi connectivity index (χ1n) is 6.33. The normalized spacial score (nSPS) is 23.4. The maximum Gasteiger partial charge on any atom is 0.328 e. The average molecular weight is 265 g/mol. The summed E-state index contributed by atoms with van der Waals surface area (Å²) in [7, 11) is 0. The monoisotopic (exact) mass is 265 g/mol. The molecule has 102 valence electrons. The lowest BCUT2D eigenvalue weighted by atomic mass is 10.2. The van der Waals surface area contributed by atoms with Crippen molar-refractivity contribution in [2.45, 2.75) is 24.9 Å². The van der Waals surface area contributed by atoms with Crippen LogP contribution in [0.4, 0.5) is 5.82 Å². The number of morpholine rings is 1. The summed E-state index contributed by atoms with van der Waals surface area (Å²) in [5, 5.41) is 9.19. The van der Waals surface area contributed by atoms with Crippen LogP contribution < -0.4 is 10.5 Å². The van der Waals surface area contributed by atoms with Crippen molar-refractivity contribution in [3.8, 4) is 0 Å². The molecule has 1 aromatic heterocycles. The second-order valence-electron chi connectivity index (χ2n) is 4.82. The first-order valence-corrected chi connectivity index (χ1v) is 6.33. The van der Waals surface area contributed by atoms with Crippen molar-refractivity contribution in [3.05, 3.63) is 22.7 Å². The summed E-state index contributed by atoms with van der Waals surface area (Å²) in [4.78, 5) is 29.2. The third kappa shape index (κ3) is 2.21. The van der Waals surface area contributed by atoms with Gasteiger partial charge in [0.25, 0.3) is 5.56 Å². The summed E-state index contributed by atoms with van der Waals surface area (Å²) in [6, 6.07) is -0.595. The molecule has 7 heteroatoms. The number of carboxylic acid groups (broad SMARTS) is 1. The Hall–Kier alpha value is -1.89. The number of aromatic nitrogens is 2. The Labute approximate surface area is 109 Å². The third-order valence-electron chi connectivity index (χ3n) is 3.48. The molecule has 2 fully saturated rings. The van der Waals surface area contributed by atoms with Crippen LogP contribution in [0.25, 0.3) is 0 Å².